The number of carbonyl (C=O) groups is 1. The predicted molar refractivity (Wildman–Crippen MR) is 92.1 cm³/mol. The molecule has 5 rings (SSSR count). The Bertz CT molecular complexity index is 820. The Labute approximate surface area is 152 Å². The van der Waals surface area contributed by atoms with Crippen LogP contribution in [0.4, 0.5) is 0 Å². The van der Waals surface area contributed by atoms with E-state index >= 15 is 0 Å². The summed E-state index contributed by atoms with van der Waals surface area (Å²) in [4.78, 5) is 16.8. The number of fused-ring (bicyclic) bond motifs is 1. The molecule has 1 saturated carbocycles. The number of hydrogen-bond donors (Lipinski definition) is 0. The molecule has 3 aliphatic heterocycles. The molecule has 5 atom stereocenters. The van der Waals surface area contributed by atoms with E-state index in [0.717, 1.165) is 30.4 Å². The molecule has 2 bridgehead atoms. The second kappa shape index (κ2) is 5.22. The van der Waals surface area contributed by atoms with Crippen LogP contribution in [0, 0.1) is 11.8 Å². The van der Waals surface area contributed by atoms with Crippen molar-refractivity contribution < 1.29 is 23.7 Å². The van der Waals surface area contributed by atoms with Gasteiger partial charge in [0.15, 0.2) is 0 Å². The first-order valence-corrected chi connectivity index (χ1v) is 9.24. The van der Waals surface area contributed by atoms with Crippen LogP contribution in [0.3, 0.4) is 0 Å². The van der Waals surface area contributed by atoms with Crippen molar-refractivity contribution in [3.63, 3.8) is 0 Å². The molecule has 0 radical (unpaired) electrons. The third-order valence-electron chi connectivity index (χ3n) is 6.77. The topological polar surface area (TPSA) is 66.9 Å². The standard InChI is InChI=1S/C20H23NO5/c1-11-8-14-18(22)25-15-6-5-13-10-19(11,26-20(13,14)15)9-12-4-7-16(23-2)21-17(12)24-3/h4,7-8,11,13,15H,5-6,9-10H2,1-3H3/t11-,13?,15-,19?,20+/m1/s1. The van der Waals surface area contributed by atoms with E-state index in [9.17, 15) is 4.79 Å². The van der Waals surface area contributed by atoms with E-state index in [-0.39, 0.29) is 23.6 Å². The summed E-state index contributed by atoms with van der Waals surface area (Å²) in [6.07, 6.45) is 5.53. The van der Waals surface area contributed by atoms with Crippen molar-refractivity contribution >= 4 is 5.97 Å². The first kappa shape index (κ1) is 16.1. The van der Waals surface area contributed by atoms with Crippen molar-refractivity contribution in [2.75, 3.05) is 14.2 Å². The van der Waals surface area contributed by atoms with Gasteiger partial charge in [-0.1, -0.05) is 13.0 Å². The zero-order chi connectivity index (χ0) is 18.1. The van der Waals surface area contributed by atoms with Crippen LogP contribution in [-0.2, 0) is 20.7 Å². The van der Waals surface area contributed by atoms with Gasteiger partial charge in [-0.3, -0.25) is 0 Å². The Morgan fingerprint density at radius 3 is 2.88 bits per heavy atom. The van der Waals surface area contributed by atoms with Gasteiger partial charge in [0, 0.05) is 24.0 Å². The second-order valence-corrected chi connectivity index (χ2v) is 7.90. The van der Waals surface area contributed by atoms with Gasteiger partial charge in [0.1, 0.15) is 11.7 Å². The van der Waals surface area contributed by atoms with Crippen molar-refractivity contribution in [3.8, 4) is 11.8 Å². The molecule has 1 aromatic rings. The van der Waals surface area contributed by atoms with Gasteiger partial charge in [-0.2, -0.15) is 4.98 Å². The lowest BCUT2D eigenvalue weighted by Crippen LogP contribution is -2.49. The first-order chi connectivity index (χ1) is 12.5. The van der Waals surface area contributed by atoms with Crippen molar-refractivity contribution in [2.24, 2.45) is 11.8 Å². The molecule has 1 spiro atoms. The van der Waals surface area contributed by atoms with E-state index in [4.69, 9.17) is 18.9 Å². The van der Waals surface area contributed by atoms with Gasteiger partial charge in [-0.05, 0) is 31.2 Å². The van der Waals surface area contributed by atoms with Crippen LogP contribution >= 0.6 is 0 Å². The average molecular weight is 357 g/mol. The number of esters is 1. The van der Waals surface area contributed by atoms with E-state index in [1.54, 1.807) is 14.2 Å². The minimum Gasteiger partial charge on any atom is -0.481 e. The first-order valence-electron chi connectivity index (χ1n) is 9.24. The van der Waals surface area contributed by atoms with Gasteiger partial charge in [-0.25, -0.2) is 4.79 Å². The van der Waals surface area contributed by atoms with Gasteiger partial charge in [0.2, 0.25) is 11.8 Å². The molecule has 26 heavy (non-hydrogen) atoms. The minimum absolute atomic E-state index is 0.117. The lowest BCUT2D eigenvalue weighted by atomic mass is 9.79. The quantitative estimate of drug-likeness (QED) is 0.771. The number of methoxy groups -OCH3 is 2. The maximum Gasteiger partial charge on any atom is 0.337 e. The average Bonchev–Trinajstić information content (AvgIpc) is 3.19. The highest BCUT2D eigenvalue weighted by atomic mass is 16.6. The van der Waals surface area contributed by atoms with Gasteiger partial charge < -0.3 is 18.9 Å². The molecule has 0 N–H and O–H groups in total. The summed E-state index contributed by atoms with van der Waals surface area (Å²) in [5, 5.41) is 0. The van der Waals surface area contributed by atoms with Crippen LogP contribution in [0.2, 0.25) is 0 Å². The van der Waals surface area contributed by atoms with Gasteiger partial charge in [0.05, 0.1) is 25.4 Å². The number of pyridine rings is 1. The molecule has 3 fully saturated rings. The second-order valence-electron chi connectivity index (χ2n) is 7.90. The molecular formula is C20H23NO5. The summed E-state index contributed by atoms with van der Waals surface area (Å²) < 4.78 is 23.1. The van der Waals surface area contributed by atoms with Gasteiger partial charge >= 0.3 is 5.97 Å². The third-order valence-corrected chi connectivity index (χ3v) is 6.77. The maximum absolute atomic E-state index is 12.3. The molecular weight excluding hydrogens is 334 g/mol. The Morgan fingerprint density at radius 1 is 1.27 bits per heavy atom. The van der Waals surface area contributed by atoms with Crippen LogP contribution in [0.15, 0.2) is 23.8 Å². The highest BCUT2D eigenvalue weighted by molar-refractivity contribution is 5.94. The normalized spacial score (nSPS) is 39.4. The smallest absolute Gasteiger partial charge is 0.337 e. The summed E-state index contributed by atoms with van der Waals surface area (Å²) in [5.41, 5.74) is 0.863. The number of ether oxygens (including phenoxy) is 4. The van der Waals surface area contributed by atoms with Crippen molar-refractivity contribution in [2.45, 2.75) is 49.9 Å². The molecule has 0 aromatic carbocycles. The molecule has 1 aliphatic carbocycles. The van der Waals surface area contributed by atoms with E-state index in [1.807, 2.05) is 12.1 Å². The number of nitrogens with zero attached hydrogens (tertiary/aromatic N) is 1. The van der Waals surface area contributed by atoms with Crippen molar-refractivity contribution in [1.82, 2.24) is 4.98 Å². The highest BCUT2D eigenvalue weighted by Crippen LogP contribution is 2.64. The Morgan fingerprint density at radius 2 is 2.12 bits per heavy atom. The summed E-state index contributed by atoms with van der Waals surface area (Å²) in [7, 11) is 3.21. The summed E-state index contributed by atoms with van der Waals surface area (Å²) in [6, 6.07) is 3.84. The van der Waals surface area contributed by atoms with E-state index in [1.165, 1.54) is 0 Å². The van der Waals surface area contributed by atoms with E-state index in [0.29, 0.717) is 24.1 Å². The van der Waals surface area contributed by atoms with Crippen LogP contribution < -0.4 is 9.47 Å². The Hall–Kier alpha value is -2.08. The van der Waals surface area contributed by atoms with Crippen LogP contribution in [0.1, 0.15) is 31.7 Å². The van der Waals surface area contributed by atoms with E-state index < -0.39 is 5.60 Å². The largest absolute Gasteiger partial charge is 0.481 e. The SMILES string of the molecule is COc1ccc(CC23CC4CC[C@H]5OC(=O)C(=C[C@H]2C)[C@@]45O3)c(OC)n1. The van der Waals surface area contributed by atoms with Crippen molar-refractivity contribution in [1.29, 1.82) is 0 Å². The number of hydrogen-bond acceptors (Lipinski definition) is 6. The fraction of sp³-hybridized carbons (Fsp3) is 0.600. The van der Waals surface area contributed by atoms with Crippen LogP contribution in [0.5, 0.6) is 11.8 Å². The molecule has 2 saturated heterocycles. The molecule has 0 amide bonds. The third kappa shape index (κ3) is 1.85. The maximum atomic E-state index is 12.3. The van der Waals surface area contributed by atoms with Crippen LogP contribution in [-0.4, -0.2) is 42.5 Å². The fourth-order valence-electron chi connectivity index (χ4n) is 5.54. The van der Waals surface area contributed by atoms with E-state index in [2.05, 4.69) is 18.0 Å². The monoisotopic (exact) mass is 357 g/mol. The summed E-state index contributed by atoms with van der Waals surface area (Å²) in [6.45, 7) is 2.13. The Kier molecular flexibility index (Phi) is 3.24. The number of aromatic nitrogens is 1. The molecule has 1 aromatic heterocycles. The Balaban J connectivity index is 1.55. The predicted octanol–water partition coefficient (Wildman–Crippen LogP) is 2.45. The molecule has 4 aliphatic rings. The minimum atomic E-state index is -0.531. The number of carbonyl (C=O) groups excluding carboxylic acids is 1. The fourth-order valence-corrected chi connectivity index (χ4v) is 5.54. The highest BCUT2D eigenvalue weighted by Gasteiger charge is 2.72. The number of rotatable bonds is 4. The molecule has 4 heterocycles. The summed E-state index contributed by atoms with van der Waals surface area (Å²) in [5.74, 6) is 1.36. The lowest BCUT2D eigenvalue weighted by Gasteiger charge is -2.41. The van der Waals surface area contributed by atoms with Gasteiger partial charge in [0.25, 0.3) is 0 Å². The molecule has 6 heteroatoms. The zero-order valence-corrected chi connectivity index (χ0v) is 15.3. The molecule has 6 nitrogen and oxygen atoms in total. The zero-order valence-electron chi connectivity index (χ0n) is 15.3. The molecule has 138 valence electrons. The summed E-state index contributed by atoms with van der Waals surface area (Å²) >= 11 is 0. The van der Waals surface area contributed by atoms with Crippen molar-refractivity contribution in [3.05, 3.63) is 29.3 Å². The molecule has 2 unspecified atom stereocenters. The van der Waals surface area contributed by atoms with Crippen LogP contribution in [0.25, 0.3) is 0 Å². The van der Waals surface area contributed by atoms with Gasteiger partial charge in [-0.15, -0.1) is 0 Å². The lowest BCUT2D eigenvalue weighted by molar-refractivity contribution is -0.149.